The van der Waals surface area contributed by atoms with Gasteiger partial charge in [-0.2, -0.15) is 0 Å². The quantitative estimate of drug-likeness (QED) is 0.867. The van der Waals surface area contributed by atoms with Crippen LogP contribution in [0.5, 0.6) is 5.75 Å². The number of carbonyl (C=O) groups is 1. The number of nitrogens with one attached hydrogen (secondary N) is 1. The minimum absolute atomic E-state index is 0.0751. The van der Waals surface area contributed by atoms with Crippen molar-refractivity contribution < 1.29 is 9.53 Å². The van der Waals surface area contributed by atoms with Crippen LogP contribution in [0, 0.1) is 0 Å². The number of hydrogen-bond donors (Lipinski definition) is 2. The van der Waals surface area contributed by atoms with Crippen LogP contribution in [-0.4, -0.2) is 18.6 Å². The molecule has 4 heteroatoms. The van der Waals surface area contributed by atoms with Crippen LogP contribution < -0.4 is 15.8 Å². The molecule has 0 heterocycles. The Morgan fingerprint density at radius 1 is 1.55 bits per heavy atom. The highest BCUT2D eigenvalue weighted by Crippen LogP contribution is 2.31. The summed E-state index contributed by atoms with van der Waals surface area (Å²) in [6, 6.07) is 6.08. The van der Waals surface area contributed by atoms with E-state index in [1.807, 2.05) is 19.1 Å². The van der Waals surface area contributed by atoms with Crippen LogP contribution in [0.15, 0.2) is 18.2 Å². The van der Waals surface area contributed by atoms with Crippen LogP contribution in [0.25, 0.3) is 0 Å². The third-order valence-corrected chi connectivity index (χ3v) is 3.71. The lowest BCUT2D eigenvalue weighted by molar-refractivity contribution is -0.127. The maximum absolute atomic E-state index is 11.8. The molecule has 4 nitrogen and oxygen atoms in total. The summed E-state index contributed by atoms with van der Waals surface area (Å²) in [5, 5.41) is 2.83. The molecule has 1 unspecified atom stereocenters. The van der Waals surface area contributed by atoms with Gasteiger partial charge in [0.05, 0.1) is 0 Å². The van der Waals surface area contributed by atoms with Crippen LogP contribution in [-0.2, 0) is 11.2 Å². The molecule has 1 amide bonds. The van der Waals surface area contributed by atoms with Gasteiger partial charge in [-0.3, -0.25) is 4.79 Å². The Balaban J connectivity index is 2.03. The van der Waals surface area contributed by atoms with E-state index in [2.05, 4.69) is 11.4 Å². The van der Waals surface area contributed by atoms with E-state index in [-0.39, 0.29) is 11.9 Å². The Bertz CT molecular complexity index is 474. The molecule has 3 N–H and O–H groups in total. The van der Waals surface area contributed by atoms with Crippen molar-refractivity contribution in [2.75, 3.05) is 6.54 Å². The van der Waals surface area contributed by atoms with E-state index in [4.69, 9.17) is 10.5 Å². The van der Waals surface area contributed by atoms with Crippen LogP contribution in [0.1, 0.15) is 50.3 Å². The van der Waals surface area contributed by atoms with Crippen molar-refractivity contribution in [1.29, 1.82) is 0 Å². The fourth-order valence-corrected chi connectivity index (χ4v) is 2.54. The summed E-state index contributed by atoms with van der Waals surface area (Å²) >= 11 is 0. The van der Waals surface area contributed by atoms with Gasteiger partial charge < -0.3 is 15.8 Å². The smallest absolute Gasteiger partial charge is 0.260 e. The largest absolute Gasteiger partial charge is 0.481 e. The molecule has 0 fully saturated rings. The fraction of sp³-hybridized carbons (Fsp3) is 0.562. The van der Waals surface area contributed by atoms with Crippen molar-refractivity contribution in [3.63, 3.8) is 0 Å². The number of nitrogens with two attached hydrogens (primary N) is 1. The summed E-state index contributed by atoms with van der Waals surface area (Å²) in [5.74, 6) is 0.647. The highest BCUT2D eigenvalue weighted by molar-refractivity contribution is 5.80. The molecule has 1 aromatic carbocycles. The predicted octanol–water partition coefficient (Wildman–Crippen LogP) is 2.32. The van der Waals surface area contributed by atoms with Crippen LogP contribution in [0.3, 0.4) is 0 Å². The summed E-state index contributed by atoms with van der Waals surface area (Å²) in [5.41, 5.74) is 8.60. The third-order valence-electron chi connectivity index (χ3n) is 3.71. The number of benzene rings is 1. The topological polar surface area (TPSA) is 64.3 Å². The van der Waals surface area contributed by atoms with Gasteiger partial charge in [0, 0.05) is 12.6 Å². The first kappa shape index (κ1) is 14.9. The molecule has 0 radical (unpaired) electrons. The lowest BCUT2D eigenvalue weighted by Crippen LogP contribution is -2.36. The lowest BCUT2D eigenvalue weighted by atomic mass is 9.88. The molecule has 0 aliphatic heterocycles. The van der Waals surface area contributed by atoms with E-state index in [0.717, 1.165) is 37.0 Å². The highest BCUT2D eigenvalue weighted by Gasteiger charge is 2.19. The number of aryl methyl sites for hydroxylation is 1. The molecule has 0 aromatic heterocycles. The summed E-state index contributed by atoms with van der Waals surface area (Å²) in [7, 11) is 0. The maximum atomic E-state index is 11.8. The van der Waals surface area contributed by atoms with Gasteiger partial charge in [-0.1, -0.05) is 13.0 Å². The molecule has 110 valence electrons. The number of fused-ring (bicyclic) bond motifs is 1. The Morgan fingerprint density at radius 2 is 2.35 bits per heavy atom. The summed E-state index contributed by atoms with van der Waals surface area (Å²) in [4.78, 5) is 11.8. The fourth-order valence-electron chi connectivity index (χ4n) is 2.54. The summed E-state index contributed by atoms with van der Waals surface area (Å²) in [6.45, 7) is 4.47. The zero-order valence-corrected chi connectivity index (χ0v) is 12.3. The normalized spacial score (nSPS) is 19.1. The van der Waals surface area contributed by atoms with Gasteiger partial charge in [0.1, 0.15) is 5.75 Å². The summed E-state index contributed by atoms with van der Waals surface area (Å²) < 4.78 is 5.72. The van der Waals surface area contributed by atoms with Crippen LogP contribution >= 0.6 is 0 Å². The SMILES string of the molecule is CCCNC(=O)C(C)Oc1ccc2c(c1)[C@@H](N)CCC2. The predicted molar refractivity (Wildman–Crippen MR) is 79.7 cm³/mol. The van der Waals surface area contributed by atoms with Crippen molar-refractivity contribution in [3.05, 3.63) is 29.3 Å². The van der Waals surface area contributed by atoms with E-state index < -0.39 is 6.10 Å². The van der Waals surface area contributed by atoms with Gasteiger partial charge in [0.25, 0.3) is 5.91 Å². The zero-order chi connectivity index (χ0) is 14.5. The van der Waals surface area contributed by atoms with E-state index in [9.17, 15) is 4.79 Å². The van der Waals surface area contributed by atoms with Crippen LogP contribution in [0.2, 0.25) is 0 Å². The van der Waals surface area contributed by atoms with Crippen molar-refractivity contribution in [2.45, 2.75) is 51.7 Å². The maximum Gasteiger partial charge on any atom is 0.260 e. The van der Waals surface area contributed by atoms with E-state index >= 15 is 0 Å². The van der Waals surface area contributed by atoms with Crippen molar-refractivity contribution >= 4 is 5.91 Å². The van der Waals surface area contributed by atoms with Gasteiger partial charge in [0.2, 0.25) is 0 Å². The van der Waals surface area contributed by atoms with Gasteiger partial charge in [-0.25, -0.2) is 0 Å². The van der Waals surface area contributed by atoms with Crippen molar-refractivity contribution in [1.82, 2.24) is 5.32 Å². The summed E-state index contributed by atoms with van der Waals surface area (Å²) in [6.07, 6.45) is 3.68. The molecule has 0 spiro atoms. The van der Waals surface area contributed by atoms with Crippen molar-refractivity contribution in [2.24, 2.45) is 5.73 Å². The van der Waals surface area contributed by atoms with Gasteiger partial charge in [-0.15, -0.1) is 0 Å². The number of carbonyl (C=O) groups excluding carboxylic acids is 1. The second kappa shape index (κ2) is 6.75. The van der Waals surface area contributed by atoms with Gasteiger partial charge in [0.15, 0.2) is 6.10 Å². The van der Waals surface area contributed by atoms with Crippen LogP contribution in [0.4, 0.5) is 0 Å². The molecular formula is C16H24N2O2. The van der Waals surface area contributed by atoms with Gasteiger partial charge in [-0.05, 0) is 55.9 Å². The number of amides is 1. The van der Waals surface area contributed by atoms with Gasteiger partial charge >= 0.3 is 0 Å². The average molecular weight is 276 g/mol. The molecular weight excluding hydrogens is 252 g/mol. The molecule has 2 rings (SSSR count). The first-order valence-electron chi connectivity index (χ1n) is 7.44. The highest BCUT2D eigenvalue weighted by atomic mass is 16.5. The first-order valence-corrected chi connectivity index (χ1v) is 7.44. The molecule has 1 aromatic rings. The second-order valence-electron chi connectivity index (χ2n) is 5.41. The molecule has 0 saturated heterocycles. The third kappa shape index (κ3) is 3.51. The number of hydrogen-bond acceptors (Lipinski definition) is 3. The first-order chi connectivity index (χ1) is 9.61. The Morgan fingerprint density at radius 3 is 3.10 bits per heavy atom. The standard InChI is InChI=1S/C16H24N2O2/c1-3-9-18-16(19)11(2)20-13-8-7-12-5-4-6-15(17)14(12)10-13/h7-8,10-11,15H,3-6,9,17H2,1-2H3,(H,18,19)/t11?,15-/m0/s1. The molecule has 1 aliphatic carbocycles. The minimum Gasteiger partial charge on any atom is -0.481 e. The average Bonchev–Trinajstić information content (AvgIpc) is 2.45. The Labute approximate surface area is 120 Å². The van der Waals surface area contributed by atoms with E-state index in [1.54, 1.807) is 6.92 Å². The Kier molecular flexibility index (Phi) is 5.01. The van der Waals surface area contributed by atoms with Crippen molar-refractivity contribution in [3.8, 4) is 5.75 Å². The lowest BCUT2D eigenvalue weighted by Gasteiger charge is -2.23. The van der Waals surface area contributed by atoms with E-state index in [0.29, 0.717) is 6.54 Å². The molecule has 0 bridgehead atoms. The number of ether oxygens (including phenoxy) is 1. The molecule has 20 heavy (non-hydrogen) atoms. The zero-order valence-electron chi connectivity index (χ0n) is 12.3. The molecule has 1 aliphatic rings. The van der Waals surface area contributed by atoms with E-state index in [1.165, 1.54) is 5.56 Å². The molecule has 0 saturated carbocycles. The second-order valence-corrected chi connectivity index (χ2v) is 5.41. The number of rotatable bonds is 5. The monoisotopic (exact) mass is 276 g/mol. The minimum atomic E-state index is -0.487. The molecule has 2 atom stereocenters. The Hall–Kier alpha value is -1.55.